The lowest BCUT2D eigenvalue weighted by Crippen LogP contribution is -1.92. The fraction of sp³-hybridized carbons (Fsp3) is 0. The fourth-order valence-electron chi connectivity index (χ4n) is 0.589. The molecule has 1 aromatic carbocycles. The molecule has 0 aliphatic heterocycles. The molecular weight excluding hydrogens is 359 g/mol. The van der Waals surface area contributed by atoms with Crippen LogP contribution in [0, 0.1) is 5.82 Å². The summed E-state index contributed by atoms with van der Waals surface area (Å²) in [5.74, 6) is -0.189. The first-order valence-electron chi connectivity index (χ1n) is 2.58. The molecule has 1 nitrogen and oxygen atoms in total. The summed E-state index contributed by atoms with van der Waals surface area (Å²) < 4.78 is 14.5. The molecule has 54 valence electrons. The second-order valence-corrected chi connectivity index (χ2v) is 5.46. The molecule has 0 heterocycles. The Morgan fingerprint density at radius 3 is 2.20 bits per heavy atom. The number of hydrogen-bond acceptors (Lipinski definition) is 1. The van der Waals surface area contributed by atoms with Gasteiger partial charge in [0.1, 0.15) is 5.82 Å². The van der Waals surface area contributed by atoms with E-state index in [1.165, 1.54) is 6.07 Å². The van der Waals surface area contributed by atoms with Crippen LogP contribution in [-0.4, -0.2) is 0 Å². The largest absolute Gasteiger partial charge is 0.252 e. The predicted molar refractivity (Wildman–Crippen MR) is 56.9 cm³/mol. The van der Waals surface area contributed by atoms with Gasteiger partial charge in [0, 0.05) is 0 Å². The Hall–Kier alpha value is 0.410. The first kappa shape index (κ1) is 8.51. The SMILES string of the molecule is Fc1ccccc1N(I)I. The van der Waals surface area contributed by atoms with E-state index in [-0.39, 0.29) is 5.82 Å². The highest BCUT2D eigenvalue weighted by Gasteiger charge is 2.02. The smallest absolute Gasteiger partial charge is 0.148 e. The van der Waals surface area contributed by atoms with Gasteiger partial charge in [-0.25, -0.2) is 4.39 Å². The minimum atomic E-state index is -0.189. The predicted octanol–water partition coefficient (Wildman–Crippen LogP) is 3.33. The summed E-state index contributed by atoms with van der Waals surface area (Å²) in [6, 6.07) is 6.66. The lowest BCUT2D eigenvalue weighted by molar-refractivity contribution is 0.632. The second kappa shape index (κ2) is 3.70. The van der Waals surface area contributed by atoms with Gasteiger partial charge < -0.3 is 0 Å². The highest BCUT2D eigenvalue weighted by atomic mass is 127. The first-order chi connectivity index (χ1) is 4.72. The Labute approximate surface area is 86.6 Å². The van der Waals surface area contributed by atoms with Crippen molar-refractivity contribution in [2.24, 2.45) is 0 Å². The van der Waals surface area contributed by atoms with Gasteiger partial charge in [0.25, 0.3) is 0 Å². The van der Waals surface area contributed by atoms with E-state index in [0.29, 0.717) is 5.69 Å². The summed E-state index contributed by atoms with van der Waals surface area (Å²) in [6.45, 7) is 0. The molecule has 0 bridgehead atoms. The van der Waals surface area contributed by atoms with E-state index >= 15 is 0 Å². The van der Waals surface area contributed by atoms with E-state index in [4.69, 9.17) is 0 Å². The quantitative estimate of drug-likeness (QED) is 0.547. The molecular formula is C6H4FI2N. The summed E-state index contributed by atoms with van der Waals surface area (Å²) in [7, 11) is 0. The van der Waals surface area contributed by atoms with Crippen LogP contribution in [0.25, 0.3) is 0 Å². The number of halogens is 3. The Morgan fingerprint density at radius 1 is 1.20 bits per heavy atom. The standard InChI is InChI=1S/C6H4FI2N/c7-5-3-1-2-4-6(5)10(8)9/h1-4H. The summed E-state index contributed by atoms with van der Waals surface area (Å²) in [5.41, 5.74) is 0.601. The molecule has 1 aromatic rings. The van der Waals surface area contributed by atoms with E-state index in [1.54, 1.807) is 13.5 Å². The average Bonchev–Trinajstić information content (AvgIpc) is 1.88. The molecule has 0 aliphatic rings. The van der Waals surface area contributed by atoms with E-state index in [9.17, 15) is 4.39 Å². The zero-order valence-corrected chi connectivity index (χ0v) is 9.21. The number of rotatable bonds is 1. The van der Waals surface area contributed by atoms with Gasteiger partial charge in [0.05, 0.1) is 51.4 Å². The van der Waals surface area contributed by atoms with Crippen LogP contribution in [-0.2, 0) is 0 Å². The molecule has 0 atom stereocenters. The summed E-state index contributed by atoms with van der Waals surface area (Å²) in [6.07, 6.45) is 0. The third-order valence-corrected chi connectivity index (χ3v) is 2.07. The van der Waals surface area contributed by atoms with Gasteiger partial charge in [-0.2, -0.15) is 0 Å². The molecule has 0 aliphatic carbocycles. The molecule has 0 saturated heterocycles. The van der Waals surface area contributed by atoms with Crippen molar-refractivity contribution in [2.75, 3.05) is 1.33 Å². The Bertz CT molecular complexity index is 227. The zero-order chi connectivity index (χ0) is 7.56. The van der Waals surface area contributed by atoms with Crippen LogP contribution < -0.4 is 1.33 Å². The van der Waals surface area contributed by atoms with Gasteiger partial charge >= 0.3 is 0 Å². The molecule has 0 amide bonds. The van der Waals surface area contributed by atoms with Gasteiger partial charge in [0.15, 0.2) is 0 Å². The maximum Gasteiger partial charge on any atom is 0.148 e. The summed E-state index contributed by atoms with van der Waals surface area (Å²) in [4.78, 5) is 0. The molecule has 0 spiro atoms. The first-order valence-corrected chi connectivity index (χ1v) is 4.51. The number of benzene rings is 1. The highest BCUT2D eigenvalue weighted by molar-refractivity contribution is 14.2. The highest BCUT2D eigenvalue weighted by Crippen LogP contribution is 2.25. The van der Waals surface area contributed by atoms with Crippen molar-refractivity contribution in [1.29, 1.82) is 0 Å². The summed E-state index contributed by atoms with van der Waals surface area (Å²) >= 11 is 4.03. The minimum Gasteiger partial charge on any atom is -0.252 e. The Morgan fingerprint density at radius 2 is 1.80 bits per heavy atom. The molecule has 0 unspecified atom stereocenters. The minimum absolute atomic E-state index is 0.189. The number of hydrogen-bond donors (Lipinski definition) is 0. The van der Waals surface area contributed by atoms with Crippen LogP contribution in [0.2, 0.25) is 0 Å². The monoisotopic (exact) mass is 363 g/mol. The van der Waals surface area contributed by atoms with Gasteiger partial charge in [-0.05, 0) is 12.1 Å². The van der Waals surface area contributed by atoms with Gasteiger partial charge in [0.2, 0.25) is 0 Å². The van der Waals surface area contributed by atoms with Crippen LogP contribution in [0.15, 0.2) is 24.3 Å². The van der Waals surface area contributed by atoms with E-state index in [2.05, 4.69) is 0 Å². The maximum atomic E-state index is 12.8. The zero-order valence-electron chi connectivity index (χ0n) is 4.89. The second-order valence-electron chi connectivity index (χ2n) is 1.68. The van der Waals surface area contributed by atoms with Crippen LogP contribution in [0.5, 0.6) is 0 Å². The molecule has 0 fully saturated rings. The van der Waals surface area contributed by atoms with Crippen molar-refractivity contribution in [2.45, 2.75) is 0 Å². The fourth-order valence-corrected chi connectivity index (χ4v) is 1.37. The number of nitrogens with zero attached hydrogens (tertiary/aromatic N) is 1. The average molecular weight is 363 g/mol. The molecule has 0 saturated carbocycles. The van der Waals surface area contributed by atoms with Crippen molar-refractivity contribution in [3.8, 4) is 0 Å². The molecule has 0 N–H and O–H groups in total. The van der Waals surface area contributed by atoms with Crippen molar-refractivity contribution in [3.63, 3.8) is 0 Å². The van der Waals surface area contributed by atoms with Crippen LogP contribution in [0.4, 0.5) is 10.1 Å². The number of para-hydroxylation sites is 1. The Balaban J connectivity index is 3.03. The molecule has 10 heavy (non-hydrogen) atoms. The lowest BCUT2D eigenvalue weighted by Gasteiger charge is -2.06. The Kier molecular flexibility index (Phi) is 3.15. The van der Waals surface area contributed by atoms with Crippen LogP contribution in [0.1, 0.15) is 0 Å². The van der Waals surface area contributed by atoms with Crippen LogP contribution in [0.3, 0.4) is 0 Å². The van der Waals surface area contributed by atoms with Gasteiger partial charge in [-0.1, -0.05) is 12.1 Å². The number of anilines is 1. The van der Waals surface area contributed by atoms with Crippen molar-refractivity contribution >= 4 is 51.4 Å². The van der Waals surface area contributed by atoms with E-state index < -0.39 is 0 Å². The van der Waals surface area contributed by atoms with Crippen molar-refractivity contribution < 1.29 is 4.39 Å². The third-order valence-electron chi connectivity index (χ3n) is 1.03. The molecule has 0 aromatic heterocycles. The lowest BCUT2D eigenvalue weighted by atomic mass is 10.3. The maximum absolute atomic E-state index is 12.8. The van der Waals surface area contributed by atoms with Gasteiger partial charge in [-0.3, -0.25) is 1.33 Å². The van der Waals surface area contributed by atoms with Crippen molar-refractivity contribution in [3.05, 3.63) is 30.1 Å². The van der Waals surface area contributed by atoms with E-state index in [1.807, 2.05) is 51.8 Å². The van der Waals surface area contributed by atoms with Crippen molar-refractivity contribution in [1.82, 2.24) is 0 Å². The van der Waals surface area contributed by atoms with Gasteiger partial charge in [-0.15, -0.1) is 0 Å². The summed E-state index contributed by atoms with van der Waals surface area (Å²) in [5, 5.41) is 0. The normalized spacial score (nSPS) is 9.50. The molecule has 1 rings (SSSR count). The van der Waals surface area contributed by atoms with Crippen LogP contribution >= 0.6 is 45.7 Å². The molecule has 0 radical (unpaired) electrons. The van der Waals surface area contributed by atoms with E-state index in [0.717, 1.165) is 0 Å². The third kappa shape index (κ3) is 1.94. The topological polar surface area (TPSA) is 3.24 Å². The molecule has 4 heteroatoms.